The lowest BCUT2D eigenvalue weighted by Gasteiger charge is -2.35. The van der Waals surface area contributed by atoms with Crippen LogP contribution < -0.4 is 0 Å². The van der Waals surface area contributed by atoms with Crippen molar-refractivity contribution in [2.75, 3.05) is 6.54 Å². The van der Waals surface area contributed by atoms with Gasteiger partial charge in [-0.25, -0.2) is 4.79 Å². The van der Waals surface area contributed by atoms with Gasteiger partial charge in [0, 0.05) is 13.0 Å². The van der Waals surface area contributed by atoms with Crippen molar-refractivity contribution in [1.82, 2.24) is 4.90 Å². The minimum atomic E-state index is -0.528. The summed E-state index contributed by atoms with van der Waals surface area (Å²) < 4.78 is 10.1. The van der Waals surface area contributed by atoms with E-state index < -0.39 is 17.9 Å². The number of likely N-dealkylation sites (tertiary alicyclic amines) is 1. The van der Waals surface area contributed by atoms with Crippen molar-refractivity contribution in [2.24, 2.45) is 0 Å². The second-order valence-electron chi connectivity index (χ2n) is 4.86. The molecule has 0 N–H and O–H groups in total. The highest BCUT2D eigenvalue weighted by Crippen LogP contribution is 2.20. The standard InChI is InChI=1S/C11H19NO4/c1-11(2,3)16-10(14)12-7-5-4-6-9(12)15-8-13/h8-9H,4-7H2,1-3H3/t9-/m1/s1. The Hall–Kier alpha value is -1.26. The minimum Gasteiger partial charge on any atom is -0.444 e. The predicted molar refractivity (Wildman–Crippen MR) is 57.7 cm³/mol. The maximum atomic E-state index is 11.8. The summed E-state index contributed by atoms with van der Waals surface area (Å²) in [5, 5.41) is 0. The average Bonchev–Trinajstić information content (AvgIpc) is 2.16. The number of ether oxygens (including phenoxy) is 2. The van der Waals surface area contributed by atoms with Gasteiger partial charge in [0.1, 0.15) is 5.60 Å². The fourth-order valence-electron chi connectivity index (χ4n) is 1.64. The summed E-state index contributed by atoms with van der Waals surface area (Å²) in [6, 6.07) is 0. The molecule has 5 heteroatoms. The summed E-state index contributed by atoms with van der Waals surface area (Å²) >= 11 is 0. The number of rotatable bonds is 2. The van der Waals surface area contributed by atoms with Crippen molar-refractivity contribution >= 4 is 12.6 Å². The van der Waals surface area contributed by atoms with Gasteiger partial charge in [-0.1, -0.05) is 0 Å². The first-order valence-corrected chi connectivity index (χ1v) is 5.53. The molecule has 1 saturated heterocycles. The number of carbonyl (C=O) groups excluding carboxylic acids is 2. The minimum absolute atomic E-state index is 0.382. The lowest BCUT2D eigenvalue weighted by atomic mass is 10.1. The molecular formula is C11H19NO4. The third-order valence-corrected chi connectivity index (χ3v) is 2.29. The molecule has 0 spiro atoms. The number of hydrogen-bond acceptors (Lipinski definition) is 4. The molecule has 16 heavy (non-hydrogen) atoms. The lowest BCUT2D eigenvalue weighted by molar-refractivity contribution is -0.145. The normalized spacial score (nSPS) is 21.4. The van der Waals surface area contributed by atoms with Gasteiger partial charge in [-0.15, -0.1) is 0 Å². The quantitative estimate of drug-likeness (QED) is 0.679. The number of amides is 1. The summed E-state index contributed by atoms with van der Waals surface area (Å²) in [5.74, 6) is 0. The zero-order valence-electron chi connectivity index (χ0n) is 10.1. The molecule has 1 aliphatic rings. The highest BCUT2D eigenvalue weighted by atomic mass is 16.6. The van der Waals surface area contributed by atoms with Crippen LogP contribution in [-0.4, -0.2) is 35.8 Å². The van der Waals surface area contributed by atoms with E-state index in [2.05, 4.69) is 0 Å². The number of piperidine rings is 1. The summed E-state index contributed by atoms with van der Waals surface area (Å²) in [4.78, 5) is 23.6. The van der Waals surface area contributed by atoms with E-state index in [0.717, 1.165) is 12.8 Å². The second kappa shape index (κ2) is 5.18. The zero-order valence-corrected chi connectivity index (χ0v) is 10.1. The lowest BCUT2D eigenvalue weighted by Crippen LogP contribution is -2.47. The first kappa shape index (κ1) is 12.8. The second-order valence-corrected chi connectivity index (χ2v) is 4.86. The van der Waals surface area contributed by atoms with Crippen LogP contribution in [0, 0.1) is 0 Å². The van der Waals surface area contributed by atoms with Crippen LogP contribution in [0.15, 0.2) is 0 Å². The van der Waals surface area contributed by atoms with Crippen molar-refractivity contribution < 1.29 is 19.1 Å². The molecule has 1 heterocycles. The smallest absolute Gasteiger partial charge is 0.413 e. The molecular weight excluding hydrogens is 210 g/mol. The summed E-state index contributed by atoms with van der Waals surface area (Å²) in [7, 11) is 0. The van der Waals surface area contributed by atoms with Crippen LogP contribution >= 0.6 is 0 Å². The molecule has 1 atom stereocenters. The summed E-state index contributed by atoms with van der Waals surface area (Å²) in [6.45, 7) is 6.39. The van der Waals surface area contributed by atoms with Crippen LogP contribution in [0.5, 0.6) is 0 Å². The fraction of sp³-hybridized carbons (Fsp3) is 0.818. The van der Waals surface area contributed by atoms with Crippen molar-refractivity contribution in [1.29, 1.82) is 0 Å². The van der Waals surface area contributed by atoms with E-state index in [1.54, 1.807) is 0 Å². The van der Waals surface area contributed by atoms with Crippen LogP contribution in [0.25, 0.3) is 0 Å². The Morgan fingerprint density at radius 3 is 2.62 bits per heavy atom. The van der Waals surface area contributed by atoms with E-state index in [9.17, 15) is 9.59 Å². The van der Waals surface area contributed by atoms with Gasteiger partial charge in [0.15, 0.2) is 6.23 Å². The van der Waals surface area contributed by atoms with Crippen molar-refractivity contribution in [3.63, 3.8) is 0 Å². The Morgan fingerprint density at radius 2 is 2.06 bits per heavy atom. The Kier molecular flexibility index (Phi) is 4.15. The summed E-state index contributed by atoms with van der Waals surface area (Å²) in [6.07, 6.45) is 1.66. The van der Waals surface area contributed by atoms with E-state index in [1.807, 2.05) is 20.8 Å². The molecule has 1 aliphatic heterocycles. The summed E-state index contributed by atoms with van der Waals surface area (Å²) in [5.41, 5.74) is -0.528. The molecule has 1 rings (SSSR count). The Balaban J connectivity index is 2.60. The van der Waals surface area contributed by atoms with Gasteiger partial charge in [0.2, 0.25) is 0 Å². The number of hydrogen-bond donors (Lipinski definition) is 0. The maximum absolute atomic E-state index is 11.8. The molecule has 0 aromatic rings. The van der Waals surface area contributed by atoms with E-state index >= 15 is 0 Å². The van der Waals surface area contributed by atoms with Crippen molar-refractivity contribution in [3.05, 3.63) is 0 Å². The van der Waals surface area contributed by atoms with E-state index in [1.165, 1.54) is 4.90 Å². The Morgan fingerprint density at radius 1 is 1.38 bits per heavy atom. The molecule has 0 aromatic carbocycles. The van der Waals surface area contributed by atoms with Crippen LogP contribution in [0.2, 0.25) is 0 Å². The van der Waals surface area contributed by atoms with Gasteiger partial charge < -0.3 is 9.47 Å². The third-order valence-electron chi connectivity index (χ3n) is 2.29. The van der Waals surface area contributed by atoms with E-state index in [0.29, 0.717) is 19.4 Å². The first-order valence-electron chi connectivity index (χ1n) is 5.53. The average molecular weight is 229 g/mol. The molecule has 5 nitrogen and oxygen atoms in total. The largest absolute Gasteiger partial charge is 0.444 e. The highest BCUT2D eigenvalue weighted by molar-refractivity contribution is 5.68. The Labute approximate surface area is 95.7 Å². The van der Waals surface area contributed by atoms with Gasteiger partial charge in [-0.05, 0) is 33.6 Å². The van der Waals surface area contributed by atoms with Gasteiger partial charge in [-0.2, -0.15) is 0 Å². The molecule has 0 saturated carbocycles. The Bertz CT molecular complexity index is 259. The number of carbonyl (C=O) groups is 2. The zero-order chi connectivity index (χ0) is 12.2. The molecule has 1 fully saturated rings. The van der Waals surface area contributed by atoms with Crippen LogP contribution in [0.1, 0.15) is 40.0 Å². The van der Waals surface area contributed by atoms with Crippen molar-refractivity contribution in [3.8, 4) is 0 Å². The predicted octanol–water partition coefficient (Wildman–Crippen LogP) is 1.91. The molecule has 0 aromatic heterocycles. The fourth-order valence-corrected chi connectivity index (χ4v) is 1.64. The molecule has 0 aliphatic carbocycles. The van der Waals surface area contributed by atoms with Gasteiger partial charge >= 0.3 is 6.09 Å². The first-order chi connectivity index (χ1) is 7.44. The van der Waals surface area contributed by atoms with Crippen LogP contribution in [0.4, 0.5) is 4.79 Å². The molecule has 0 bridgehead atoms. The maximum Gasteiger partial charge on any atom is 0.413 e. The highest BCUT2D eigenvalue weighted by Gasteiger charge is 2.31. The van der Waals surface area contributed by atoms with Crippen LogP contribution in [-0.2, 0) is 14.3 Å². The number of nitrogens with zero attached hydrogens (tertiary/aromatic N) is 1. The monoisotopic (exact) mass is 229 g/mol. The van der Waals surface area contributed by atoms with Crippen molar-refractivity contribution in [2.45, 2.75) is 51.9 Å². The molecule has 0 unspecified atom stereocenters. The van der Waals surface area contributed by atoms with Gasteiger partial charge in [0.05, 0.1) is 0 Å². The van der Waals surface area contributed by atoms with Gasteiger partial charge in [-0.3, -0.25) is 9.69 Å². The SMILES string of the molecule is CC(C)(C)OC(=O)N1CCCC[C@H]1OC=O. The third kappa shape index (κ3) is 3.72. The topological polar surface area (TPSA) is 55.8 Å². The van der Waals surface area contributed by atoms with E-state index in [4.69, 9.17) is 9.47 Å². The van der Waals surface area contributed by atoms with Gasteiger partial charge in [0.25, 0.3) is 6.47 Å². The molecule has 0 radical (unpaired) electrons. The molecule has 1 amide bonds. The van der Waals surface area contributed by atoms with E-state index in [-0.39, 0.29) is 0 Å². The van der Waals surface area contributed by atoms with Crippen LogP contribution in [0.3, 0.4) is 0 Å². The molecule has 92 valence electrons.